The first kappa shape index (κ1) is 30.3. The normalized spacial score (nSPS) is 11.1. The number of aromatic nitrogens is 8. The molecule has 4 heterocycles. The van der Waals surface area contributed by atoms with Crippen LogP contribution in [0.2, 0.25) is 10.0 Å². The van der Waals surface area contributed by atoms with Crippen molar-refractivity contribution in [3.05, 3.63) is 107 Å². The van der Waals surface area contributed by atoms with E-state index in [1.807, 2.05) is 97.9 Å². The number of halogens is 2. The van der Waals surface area contributed by atoms with E-state index in [1.54, 1.807) is 9.36 Å². The number of benzene rings is 3. The Labute approximate surface area is 268 Å². The molecule has 12 heteroatoms. The summed E-state index contributed by atoms with van der Waals surface area (Å²) in [4.78, 5) is 0. The van der Waals surface area contributed by atoms with E-state index >= 15 is 0 Å². The van der Waals surface area contributed by atoms with E-state index in [-0.39, 0.29) is 13.2 Å². The summed E-state index contributed by atoms with van der Waals surface area (Å²) >= 11 is 13.2. The quantitative estimate of drug-likeness (QED) is 0.210. The van der Waals surface area contributed by atoms with Crippen molar-refractivity contribution < 1.29 is 10.2 Å². The number of rotatable bonds is 7. The largest absolute Gasteiger partial charge is 0.394 e. The van der Waals surface area contributed by atoms with Gasteiger partial charge in [-0.2, -0.15) is 10.2 Å². The van der Waals surface area contributed by atoms with Crippen LogP contribution in [0, 0.1) is 6.92 Å². The molecule has 0 saturated heterocycles. The SMILES string of the molecule is Cc1nn(CCO)c2nnc(-c3ccccc3)c(Cl)c12.OCCn1nc(-c2ccccc2)c2c(Cl)c(-c3ccccc3)nnc21. The van der Waals surface area contributed by atoms with E-state index in [4.69, 9.17) is 28.3 Å². The Bertz CT molecular complexity index is 2070. The zero-order valence-electron chi connectivity index (χ0n) is 24.2. The van der Waals surface area contributed by atoms with Gasteiger partial charge in [-0.3, -0.25) is 0 Å². The lowest BCUT2D eigenvalue weighted by Crippen LogP contribution is -2.05. The van der Waals surface area contributed by atoms with Crippen LogP contribution in [0.3, 0.4) is 0 Å². The van der Waals surface area contributed by atoms with Gasteiger partial charge in [0.25, 0.3) is 0 Å². The highest BCUT2D eigenvalue weighted by atomic mass is 35.5. The molecule has 0 aliphatic carbocycles. The maximum Gasteiger partial charge on any atom is 0.182 e. The highest BCUT2D eigenvalue weighted by molar-refractivity contribution is 6.38. The van der Waals surface area contributed by atoms with Crippen LogP contribution in [0.1, 0.15) is 5.69 Å². The van der Waals surface area contributed by atoms with Crippen LogP contribution in [-0.2, 0) is 13.1 Å². The molecule has 0 saturated carbocycles. The molecule has 3 aromatic carbocycles. The zero-order chi connectivity index (χ0) is 31.3. The third kappa shape index (κ3) is 6.01. The molecule has 4 aromatic heterocycles. The summed E-state index contributed by atoms with van der Waals surface area (Å²) in [6, 6.07) is 29.2. The van der Waals surface area contributed by atoms with E-state index in [0.717, 1.165) is 38.9 Å². The van der Waals surface area contributed by atoms with Crippen LogP contribution in [-0.4, -0.2) is 63.4 Å². The Morgan fingerprint density at radius 3 is 1.40 bits per heavy atom. The van der Waals surface area contributed by atoms with Crippen LogP contribution in [0.5, 0.6) is 0 Å². The first-order valence-corrected chi connectivity index (χ1v) is 15.0. The van der Waals surface area contributed by atoms with Gasteiger partial charge < -0.3 is 10.2 Å². The van der Waals surface area contributed by atoms with Gasteiger partial charge in [-0.25, -0.2) is 9.36 Å². The topological polar surface area (TPSA) is 128 Å². The van der Waals surface area contributed by atoms with Gasteiger partial charge >= 0.3 is 0 Å². The zero-order valence-corrected chi connectivity index (χ0v) is 25.7. The third-order valence-electron chi connectivity index (χ3n) is 7.14. The average molecular weight is 640 g/mol. The summed E-state index contributed by atoms with van der Waals surface area (Å²) < 4.78 is 3.27. The number of aliphatic hydroxyl groups excluding tert-OH is 2. The molecule has 0 radical (unpaired) electrons. The summed E-state index contributed by atoms with van der Waals surface area (Å²) in [5.41, 5.74) is 6.71. The Kier molecular flexibility index (Phi) is 9.08. The lowest BCUT2D eigenvalue weighted by atomic mass is 10.1. The van der Waals surface area contributed by atoms with Gasteiger partial charge in [0.05, 0.1) is 52.8 Å². The van der Waals surface area contributed by atoms with Crippen LogP contribution in [0.15, 0.2) is 91.0 Å². The summed E-state index contributed by atoms with van der Waals surface area (Å²) in [5.74, 6) is 0. The van der Waals surface area contributed by atoms with E-state index in [1.165, 1.54) is 0 Å². The van der Waals surface area contributed by atoms with Crippen molar-refractivity contribution in [3.8, 4) is 33.8 Å². The predicted octanol–water partition coefficient (Wildman–Crippen LogP) is 6.25. The van der Waals surface area contributed by atoms with Gasteiger partial charge in [-0.1, -0.05) is 114 Å². The van der Waals surface area contributed by atoms with Gasteiger partial charge in [-0.05, 0) is 6.92 Å². The van der Waals surface area contributed by atoms with E-state index in [9.17, 15) is 5.11 Å². The van der Waals surface area contributed by atoms with Gasteiger partial charge in [-0.15, -0.1) is 20.4 Å². The summed E-state index contributed by atoms with van der Waals surface area (Å²) in [6.07, 6.45) is 0. The standard InChI is InChI=1S/C19H15ClN4O.C14H13ClN4O/c20-16-15-17(13-7-3-1-4-8-13)23-24(11-12-25)19(15)22-21-18(16)14-9-5-2-6-10-14;1-9-11-12(15)13(10-5-3-2-4-6-10)16-17-14(11)19(18-9)7-8-20/h1-10,25H,11-12H2;2-6,20H,7-8H2,1H3. The minimum Gasteiger partial charge on any atom is -0.394 e. The van der Waals surface area contributed by atoms with Crippen molar-refractivity contribution in [1.82, 2.24) is 40.0 Å². The number of aryl methyl sites for hydroxylation is 1. The molecule has 0 unspecified atom stereocenters. The van der Waals surface area contributed by atoms with Crippen molar-refractivity contribution in [2.24, 2.45) is 0 Å². The fourth-order valence-electron chi connectivity index (χ4n) is 5.06. The maximum atomic E-state index is 9.32. The molecule has 10 nitrogen and oxygen atoms in total. The van der Waals surface area contributed by atoms with E-state index in [0.29, 0.717) is 45.8 Å². The number of fused-ring (bicyclic) bond motifs is 2. The molecule has 226 valence electrons. The van der Waals surface area contributed by atoms with Crippen LogP contribution < -0.4 is 0 Å². The van der Waals surface area contributed by atoms with Gasteiger partial charge in [0, 0.05) is 16.7 Å². The molecule has 0 amide bonds. The lowest BCUT2D eigenvalue weighted by molar-refractivity contribution is 0.271. The predicted molar refractivity (Wildman–Crippen MR) is 176 cm³/mol. The fourth-order valence-corrected chi connectivity index (χ4v) is 5.75. The van der Waals surface area contributed by atoms with Gasteiger partial charge in [0.15, 0.2) is 11.3 Å². The second-order valence-corrected chi connectivity index (χ2v) is 10.8. The number of nitrogens with zero attached hydrogens (tertiary/aromatic N) is 8. The van der Waals surface area contributed by atoms with Crippen LogP contribution in [0.4, 0.5) is 0 Å². The first-order valence-electron chi connectivity index (χ1n) is 14.2. The number of hydrogen-bond donors (Lipinski definition) is 2. The molecule has 0 atom stereocenters. The molecule has 0 aliphatic heterocycles. The highest BCUT2D eigenvalue weighted by Gasteiger charge is 2.21. The van der Waals surface area contributed by atoms with Crippen LogP contribution >= 0.6 is 23.2 Å². The highest BCUT2D eigenvalue weighted by Crippen LogP contribution is 2.37. The Morgan fingerprint density at radius 2 is 0.933 bits per heavy atom. The Balaban J connectivity index is 0.000000163. The van der Waals surface area contributed by atoms with Gasteiger partial charge in [0.2, 0.25) is 0 Å². The van der Waals surface area contributed by atoms with Crippen molar-refractivity contribution in [2.75, 3.05) is 13.2 Å². The minimum absolute atomic E-state index is 0.00401. The maximum absolute atomic E-state index is 9.32. The summed E-state index contributed by atoms with van der Waals surface area (Å²) in [5, 5.41) is 47.0. The van der Waals surface area contributed by atoms with E-state index in [2.05, 4.69) is 30.6 Å². The molecule has 7 rings (SSSR count). The Hall–Kier alpha value is -4.74. The number of hydrogen-bond acceptors (Lipinski definition) is 8. The average Bonchev–Trinajstić information content (AvgIpc) is 3.61. The molecule has 0 bridgehead atoms. The molecular formula is C33H28Cl2N8O2. The second kappa shape index (κ2) is 13.5. The van der Waals surface area contributed by atoms with Crippen LogP contribution in [0.25, 0.3) is 55.8 Å². The second-order valence-electron chi connectivity index (χ2n) is 10.0. The van der Waals surface area contributed by atoms with Gasteiger partial charge in [0.1, 0.15) is 17.1 Å². The fraction of sp³-hybridized carbons (Fsp3) is 0.152. The molecule has 45 heavy (non-hydrogen) atoms. The number of aliphatic hydroxyl groups is 2. The summed E-state index contributed by atoms with van der Waals surface area (Å²) in [6.45, 7) is 2.54. The Morgan fingerprint density at radius 1 is 0.533 bits per heavy atom. The molecule has 2 N–H and O–H groups in total. The summed E-state index contributed by atoms with van der Waals surface area (Å²) in [7, 11) is 0. The lowest BCUT2D eigenvalue weighted by Gasteiger charge is -2.05. The molecule has 7 aromatic rings. The van der Waals surface area contributed by atoms with Crippen molar-refractivity contribution in [3.63, 3.8) is 0 Å². The smallest absolute Gasteiger partial charge is 0.182 e. The van der Waals surface area contributed by atoms with E-state index < -0.39 is 0 Å². The van der Waals surface area contributed by atoms with Crippen molar-refractivity contribution in [1.29, 1.82) is 0 Å². The third-order valence-corrected chi connectivity index (χ3v) is 7.87. The first-order chi connectivity index (χ1) is 22.0. The molecule has 0 fully saturated rings. The monoisotopic (exact) mass is 638 g/mol. The minimum atomic E-state index is -0.0370. The molecular weight excluding hydrogens is 611 g/mol. The van der Waals surface area contributed by atoms with Crippen molar-refractivity contribution >= 4 is 45.3 Å². The molecule has 0 spiro atoms. The molecule has 0 aliphatic rings. The van der Waals surface area contributed by atoms with Crippen molar-refractivity contribution in [2.45, 2.75) is 20.0 Å².